The summed E-state index contributed by atoms with van der Waals surface area (Å²) in [5, 5.41) is 0. The molecule has 1 aromatic carbocycles. The maximum absolute atomic E-state index is 12.1. The van der Waals surface area contributed by atoms with E-state index in [1.807, 2.05) is 0 Å². The van der Waals surface area contributed by atoms with E-state index < -0.39 is 6.36 Å². The molecule has 0 unspecified atom stereocenters. The summed E-state index contributed by atoms with van der Waals surface area (Å²) >= 11 is 0. The minimum Gasteiger partial charge on any atom is -0.406 e. The number of ether oxygens (including phenoxy) is 1. The van der Waals surface area contributed by atoms with E-state index in [1.54, 1.807) is 6.07 Å². The van der Waals surface area contributed by atoms with Crippen LogP contribution in [0.25, 0.3) is 0 Å². The summed E-state index contributed by atoms with van der Waals surface area (Å²) < 4.78 is 40.1. The predicted molar refractivity (Wildman–Crippen MR) is 71.4 cm³/mol. The van der Waals surface area contributed by atoms with Gasteiger partial charge in [0.1, 0.15) is 5.75 Å². The van der Waals surface area contributed by atoms with Gasteiger partial charge in [-0.15, -0.1) is 25.6 Å². The van der Waals surface area contributed by atoms with Gasteiger partial charge in [-0.25, -0.2) is 0 Å². The zero-order valence-electron chi connectivity index (χ0n) is 10.7. The van der Waals surface area contributed by atoms with Gasteiger partial charge < -0.3 is 10.5 Å². The van der Waals surface area contributed by atoms with E-state index in [1.165, 1.54) is 18.2 Å². The molecule has 0 saturated carbocycles. The SMILES string of the molecule is CCCCC[C@H](N)c1cccc(OC(F)(F)F)c1.Cl. The summed E-state index contributed by atoms with van der Waals surface area (Å²) in [6, 6.07) is 5.63. The fourth-order valence-electron chi connectivity index (χ4n) is 1.72. The number of nitrogens with two attached hydrogens (primary N) is 1. The van der Waals surface area contributed by atoms with Crippen molar-refractivity contribution in [2.75, 3.05) is 0 Å². The van der Waals surface area contributed by atoms with Gasteiger partial charge in [0.25, 0.3) is 0 Å². The van der Waals surface area contributed by atoms with Crippen LogP contribution in [-0.4, -0.2) is 6.36 Å². The van der Waals surface area contributed by atoms with Crippen molar-refractivity contribution in [3.05, 3.63) is 29.8 Å². The normalized spacial score (nSPS) is 12.7. The van der Waals surface area contributed by atoms with Crippen LogP contribution in [0, 0.1) is 0 Å². The minimum atomic E-state index is -4.66. The molecule has 0 heterocycles. The number of alkyl halides is 3. The highest BCUT2D eigenvalue weighted by Crippen LogP contribution is 2.26. The summed E-state index contributed by atoms with van der Waals surface area (Å²) in [6.07, 6.45) is -0.757. The molecule has 0 saturated heterocycles. The van der Waals surface area contributed by atoms with Gasteiger partial charge in [0.2, 0.25) is 0 Å². The molecule has 110 valence electrons. The third-order valence-electron chi connectivity index (χ3n) is 2.64. The Kier molecular flexibility index (Phi) is 7.87. The first-order valence-electron chi connectivity index (χ1n) is 6.03. The zero-order valence-corrected chi connectivity index (χ0v) is 11.6. The lowest BCUT2D eigenvalue weighted by atomic mass is 10.0. The van der Waals surface area contributed by atoms with E-state index in [2.05, 4.69) is 11.7 Å². The van der Waals surface area contributed by atoms with Gasteiger partial charge in [0.05, 0.1) is 0 Å². The molecule has 0 bridgehead atoms. The molecule has 0 aliphatic carbocycles. The third kappa shape index (κ3) is 7.28. The van der Waals surface area contributed by atoms with Gasteiger partial charge in [0.15, 0.2) is 0 Å². The number of hydrogen-bond donors (Lipinski definition) is 1. The second kappa shape index (κ2) is 8.27. The van der Waals surface area contributed by atoms with E-state index in [-0.39, 0.29) is 24.2 Å². The fraction of sp³-hybridized carbons (Fsp3) is 0.538. The lowest BCUT2D eigenvalue weighted by molar-refractivity contribution is -0.274. The van der Waals surface area contributed by atoms with Crippen LogP contribution >= 0.6 is 12.4 Å². The maximum Gasteiger partial charge on any atom is 0.573 e. The second-order valence-corrected chi connectivity index (χ2v) is 4.22. The number of benzene rings is 1. The van der Waals surface area contributed by atoms with E-state index in [0.717, 1.165) is 25.7 Å². The monoisotopic (exact) mass is 297 g/mol. The van der Waals surface area contributed by atoms with Crippen LogP contribution in [-0.2, 0) is 0 Å². The van der Waals surface area contributed by atoms with Crippen LogP contribution in [0.2, 0.25) is 0 Å². The molecule has 0 aliphatic heterocycles. The summed E-state index contributed by atoms with van der Waals surface area (Å²) in [5.41, 5.74) is 6.61. The average Bonchev–Trinajstić information content (AvgIpc) is 2.27. The molecule has 0 radical (unpaired) electrons. The third-order valence-corrected chi connectivity index (χ3v) is 2.64. The van der Waals surface area contributed by atoms with Crippen molar-refractivity contribution in [1.29, 1.82) is 0 Å². The lowest BCUT2D eigenvalue weighted by Crippen LogP contribution is -2.17. The van der Waals surface area contributed by atoms with Crippen LogP contribution in [0.3, 0.4) is 0 Å². The van der Waals surface area contributed by atoms with Crippen LogP contribution < -0.4 is 10.5 Å². The molecule has 0 fully saturated rings. The highest BCUT2D eigenvalue weighted by atomic mass is 35.5. The maximum atomic E-state index is 12.1. The highest BCUT2D eigenvalue weighted by molar-refractivity contribution is 5.85. The van der Waals surface area contributed by atoms with Crippen LogP contribution in [0.5, 0.6) is 5.75 Å². The zero-order chi connectivity index (χ0) is 13.6. The first-order valence-corrected chi connectivity index (χ1v) is 6.03. The van der Waals surface area contributed by atoms with Crippen molar-refractivity contribution in [3.8, 4) is 5.75 Å². The molecule has 1 rings (SSSR count). The van der Waals surface area contributed by atoms with E-state index in [4.69, 9.17) is 5.73 Å². The molecular formula is C13H19ClF3NO. The largest absolute Gasteiger partial charge is 0.573 e. The molecule has 19 heavy (non-hydrogen) atoms. The molecular weight excluding hydrogens is 279 g/mol. The predicted octanol–water partition coefficient (Wildman–Crippen LogP) is 4.59. The van der Waals surface area contributed by atoms with E-state index >= 15 is 0 Å². The Morgan fingerprint density at radius 2 is 1.95 bits per heavy atom. The van der Waals surface area contributed by atoms with Gasteiger partial charge in [-0.05, 0) is 24.1 Å². The van der Waals surface area contributed by atoms with Gasteiger partial charge in [0, 0.05) is 6.04 Å². The smallest absolute Gasteiger partial charge is 0.406 e. The Morgan fingerprint density at radius 3 is 2.53 bits per heavy atom. The molecule has 1 atom stereocenters. The number of halogens is 4. The molecule has 2 N–H and O–H groups in total. The summed E-state index contributed by atoms with van der Waals surface area (Å²) in [7, 11) is 0. The molecule has 1 aromatic rings. The van der Waals surface area contributed by atoms with Crippen molar-refractivity contribution in [1.82, 2.24) is 0 Å². The van der Waals surface area contributed by atoms with Crippen LogP contribution in [0.4, 0.5) is 13.2 Å². The Hall–Kier alpha value is -0.940. The molecule has 6 heteroatoms. The Balaban J connectivity index is 0.00000324. The summed E-state index contributed by atoms with van der Waals surface area (Å²) in [4.78, 5) is 0. The standard InChI is InChI=1S/C13H18F3NO.ClH/c1-2-3-4-8-12(17)10-6-5-7-11(9-10)18-13(14,15)16;/h5-7,9,12H,2-4,8,17H2,1H3;1H/t12-;/m0./s1. The topological polar surface area (TPSA) is 35.2 Å². The number of rotatable bonds is 6. The molecule has 0 amide bonds. The molecule has 0 spiro atoms. The van der Waals surface area contributed by atoms with Crippen LogP contribution in [0.1, 0.15) is 44.2 Å². The van der Waals surface area contributed by atoms with Crippen molar-refractivity contribution < 1.29 is 17.9 Å². The first-order chi connectivity index (χ1) is 8.42. The Morgan fingerprint density at radius 1 is 1.26 bits per heavy atom. The van der Waals surface area contributed by atoms with E-state index in [9.17, 15) is 13.2 Å². The number of unbranched alkanes of at least 4 members (excludes halogenated alkanes) is 2. The first kappa shape index (κ1) is 18.1. The van der Waals surface area contributed by atoms with Gasteiger partial charge >= 0.3 is 6.36 Å². The van der Waals surface area contributed by atoms with Crippen molar-refractivity contribution in [2.45, 2.75) is 45.0 Å². The fourth-order valence-corrected chi connectivity index (χ4v) is 1.72. The van der Waals surface area contributed by atoms with Gasteiger partial charge in [-0.2, -0.15) is 0 Å². The Labute approximate surface area is 117 Å². The number of hydrogen-bond acceptors (Lipinski definition) is 2. The summed E-state index contributed by atoms with van der Waals surface area (Å²) in [6.45, 7) is 2.09. The van der Waals surface area contributed by atoms with Gasteiger partial charge in [-0.1, -0.05) is 38.3 Å². The minimum absolute atomic E-state index is 0. The highest BCUT2D eigenvalue weighted by Gasteiger charge is 2.31. The van der Waals surface area contributed by atoms with E-state index in [0.29, 0.717) is 5.56 Å². The quantitative estimate of drug-likeness (QED) is 0.780. The summed E-state index contributed by atoms with van der Waals surface area (Å²) in [5.74, 6) is -0.217. The van der Waals surface area contributed by atoms with Crippen molar-refractivity contribution in [3.63, 3.8) is 0 Å². The molecule has 0 aromatic heterocycles. The van der Waals surface area contributed by atoms with Crippen molar-refractivity contribution >= 4 is 12.4 Å². The average molecular weight is 298 g/mol. The van der Waals surface area contributed by atoms with Crippen LogP contribution in [0.15, 0.2) is 24.3 Å². The second-order valence-electron chi connectivity index (χ2n) is 4.22. The Bertz CT molecular complexity index is 371. The molecule has 0 aliphatic rings. The lowest BCUT2D eigenvalue weighted by Gasteiger charge is -2.14. The van der Waals surface area contributed by atoms with Gasteiger partial charge in [-0.3, -0.25) is 0 Å². The van der Waals surface area contributed by atoms with Crippen molar-refractivity contribution in [2.24, 2.45) is 5.73 Å². The molecule has 2 nitrogen and oxygen atoms in total.